The summed E-state index contributed by atoms with van der Waals surface area (Å²) in [6.45, 7) is 0. The van der Waals surface area contributed by atoms with Gasteiger partial charge in [-0.25, -0.2) is 9.29 Å². The average Bonchev–Trinajstić information content (AvgIpc) is 3.02. The summed E-state index contributed by atoms with van der Waals surface area (Å²) in [6.07, 6.45) is 0. The van der Waals surface area contributed by atoms with E-state index in [1.54, 1.807) is 37.4 Å². The molecule has 0 atom stereocenters. The van der Waals surface area contributed by atoms with Crippen molar-refractivity contribution in [3.05, 3.63) is 101 Å². The Morgan fingerprint density at radius 2 is 1.63 bits per heavy atom. The normalized spacial score (nSPS) is 13.9. The lowest BCUT2D eigenvalue weighted by atomic mass is 10.1. The number of carbonyl (C=O) groups excluding carboxylic acids is 2. The summed E-state index contributed by atoms with van der Waals surface area (Å²) in [7, 11) is 1.56. The van der Waals surface area contributed by atoms with Crippen molar-refractivity contribution in [3.8, 4) is 5.75 Å². The predicted octanol–water partition coefficient (Wildman–Crippen LogP) is 5.05. The molecule has 3 aromatic rings. The minimum absolute atomic E-state index is 0.214. The topological polar surface area (TPSA) is 46.6 Å². The Morgan fingerprint density at radius 3 is 2.30 bits per heavy atom. The molecule has 2 amide bonds. The van der Waals surface area contributed by atoms with Crippen molar-refractivity contribution >= 4 is 34.8 Å². The standard InChI is InChI=1S/C24H18FNO3S/c1-29-20-12-10-17(11-13-20)21-22(30-15-16-6-3-2-4-7-16)24(28)26(23(21)27)19-9-5-8-18(25)14-19/h2-14H,15H2,1H3. The summed E-state index contributed by atoms with van der Waals surface area (Å²) >= 11 is 1.31. The van der Waals surface area contributed by atoms with Gasteiger partial charge in [-0.05, 0) is 41.5 Å². The monoisotopic (exact) mass is 419 g/mol. The second-order valence-corrected chi connectivity index (χ2v) is 7.62. The first-order chi connectivity index (χ1) is 14.6. The molecule has 1 aliphatic heterocycles. The highest BCUT2D eigenvalue weighted by molar-refractivity contribution is 8.03. The molecule has 150 valence electrons. The number of nitrogens with zero attached hydrogens (tertiary/aromatic N) is 1. The molecular formula is C24H18FNO3S. The van der Waals surface area contributed by atoms with Gasteiger partial charge in [-0.15, -0.1) is 11.8 Å². The highest BCUT2D eigenvalue weighted by Gasteiger charge is 2.40. The van der Waals surface area contributed by atoms with Gasteiger partial charge in [0.15, 0.2) is 0 Å². The fourth-order valence-corrected chi connectivity index (χ4v) is 4.30. The zero-order valence-corrected chi connectivity index (χ0v) is 17.0. The SMILES string of the molecule is COc1ccc(C2=C(SCc3ccccc3)C(=O)N(c3cccc(F)c3)C2=O)cc1. The van der Waals surface area contributed by atoms with Gasteiger partial charge >= 0.3 is 0 Å². The van der Waals surface area contributed by atoms with Gasteiger partial charge in [-0.2, -0.15) is 0 Å². The molecule has 0 radical (unpaired) electrons. The molecule has 1 heterocycles. The zero-order chi connectivity index (χ0) is 21.1. The largest absolute Gasteiger partial charge is 0.497 e. The Morgan fingerprint density at radius 1 is 0.900 bits per heavy atom. The Labute approximate surface area is 178 Å². The van der Waals surface area contributed by atoms with Gasteiger partial charge in [-0.3, -0.25) is 9.59 Å². The molecule has 0 aliphatic carbocycles. The van der Waals surface area contributed by atoms with Crippen molar-refractivity contribution in [2.24, 2.45) is 0 Å². The summed E-state index contributed by atoms with van der Waals surface area (Å²) < 4.78 is 19.0. The number of benzene rings is 3. The zero-order valence-electron chi connectivity index (χ0n) is 16.2. The van der Waals surface area contributed by atoms with Gasteiger partial charge in [0, 0.05) is 5.75 Å². The van der Waals surface area contributed by atoms with E-state index < -0.39 is 17.6 Å². The van der Waals surface area contributed by atoms with E-state index in [1.807, 2.05) is 30.3 Å². The number of hydrogen-bond donors (Lipinski definition) is 0. The van der Waals surface area contributed by atoms with Crippen LogP contribution in [0.15, 0.2) is 83.8 Å². The van der Waals surface area contributed by atoms with Gasteiger partial charge in [-0.1, -0.05) is 48.5 Å². The van der Waals surface area contributed by atoms with Crippen LogP contribution in [0.25, 0.3) is 5.57 Å². The molecule has 0 saturated carbocycles. The van der Waals surface area contributed by atoms with Crippen molar-refractivity contribution in [2.75, 3.05) is 12.0 Å². The van der Waals surface area contributed by atoms with Gasteiger partial charge in [0.05, 0.1) is 23.3 Å². The van der Waals surface area contributed by atoms with Crippen LogP contribution in [0.3, 0.4) is 0 Å². The maximum Gasteiger partial charge on any atom is 0.272 e. The van der Waals surface area contributed by atoms with E-state index in [9.17, 15) is 14.0 Å². The first-order valence-corrected chi connectivity index (χ1v) is 10.3. The van der Waals surface area contributed by atoms with Crippen LogP contribution in [0, 0.1) is 5.82 Å². The fourth-order valence-electron chi connectivity index (χ4n) is 3.24. The van der Waals surface area contributed by atoms with E-state index >= 15 is 0 Å². The van der Waals surface area contributed by atoms with Crippen LogP contribution in [-0.4, -0.2) is 18.9 Å². The number of ether oxygens (including phenoxy) is 1. The number of methoxy groups -OCH3 is 1. The fraction of sp³-hybridized carbons (Fsp3) is 0.0833. The third-order valence-corrected chi connectivity index (χ3v) is 5.86. The molecule has 0 bridgehead atoms. The number of amides is 2. The first-order valence-electron chi connectivity index (χ1n) is 9.28. The van der Waals surface area contributed by atoms with E-state index in [2.05, 4.69) is 0 Å². The molecule has 0 saturated heterocycles. The molecule has 6 heteroatoms. The number of hydrogen-bond acceptors (Lipinski definition) is 4. The molecule has 3 aromatic carbocycles. The molecule has 4 nitrogen and oxygen atoms in total. The predicted molar refractivity (Wildman–Crippen MR) is 117 cm³/mol. The highest BCUT2D eigenvalue weighted by Crippen LogP contribution is 2.40. The van der Waals surface area contributed by atoms with E-state index in [0.717, 1.165) is 10.5 Å². The van der Waals surface area contributed by atoms with Crippen LogP contribution in [-0.2, 0) is 15.3 Å². The summed E-state index contributed by atoms with van der Waals surface area (Å²) in [4.78, 5) is 27.9. The van der Waals surface area contributed by atoms with E-state index in [0.29, 0.717) is 27.5 Å². The highest BCUT2D eigenvalue weighted by atomic mass is 32.2. The molecule has 0 N–H and O–H groups in total. The van der Waals surface area contributed by atoms with Crippen molar-refractivity contribution < 1.29 is 18.7 Å². The van der Waals surface area contributed by atoms with Crippen molar-refractivity contribution in [1.29, 1.82) is 0 Å². The summed E-state index contributed by atoms with van der Waals surface area (Å²) in [5, 5.41) is 0. The second-order valence-electron chi connectivity index (χ2n) is 6.63. The van der Waals surface area contributed by atoms with Crippen LogP contribution in [0.2, 0.25) is 0 Å². The lowest BCUT2D eigenvalue weighted by Gasteiger charge is -2.15. The summed E-state index contributed by atoms with van der Waals surface area (Å²) in [6, 6.07) is 22.2. The number of halogens is 1. The smallest absolute Gasteiger partial charge is 0.272 e. The van der Waals surface area contributed by atoms with Gasteiger partial charge in [0.2, 0.25) is 0 Å². The van der Waals surface area contributed by atoms with Crippen molar-refractivity contribution in [1.82, 2.24) is 0 Å². The first kappa shape index (κ1) is 19.9. The minimum atomic E-state index is -0.510. The number of carbonyl (C=O) groups is 2. The van der Waals surface area contributed by atoms with Crippen LogP contribution in [0.1, 0.15) is 11.1 Å². The van der Waals surface area contributed by atoms with Crippen LogP contribution in [0.5, 0.6) is 5.75 Å². The van der Waals surface area contributed by atoms with Crippen molar-refractivity contribution in [2.45, 2.75) is 5.75 Å². The van der Waals surface area contributed by atoms with E-state index in [-0.39, 0.29) is 5.69 Å². The number of imide groups is 1. The molecule has 1 aliphatic rings. The molecule has 0 fully saturated rings. The number of thioether (sulfide) groups is 1. The molecule has 0 unspecified atom stereocenters. The Kier molecular flexibility index (Phi) is 5.68. The van der Waals surface area contributed by atoms with Gasteiger partial charge < -0.3 is 4.74 Å². The quantitative estimate of drug-likeness (QED) is 0.525. The van der Waals surface area contributed by atoms with E-state index in [1.165, 1.54) is 30.0 Å². The molecular weight excluding hydrogens is 401 g/mol. The van der Waals surface area contributed by atoms with Crippen LogP contribution in [0.4, 0.5) is 10.1 Å². The van der Waals surface area contributed by atoms with Gasteiger partial charge in [0.1, 0.15) is 11.6 Å². The van der Waals surface area contributed by atoms with Crippen LogP contribution >= 0.6 is 11.8 Å². The molecule has 0 aromatic heterocycles. The average molecular weight is 419 g/mol. The third-order valence-electron chi connectivity index (χ3n) is 4.71. The minimum Gasteiger partial charge on any atom is -0.497 e. The maximum absolute atomic E-state index is 13.8. The summed E-state index contributed by atoms with van der Waals surface area (Å²) in [5.41, 5.74) is 2.18. The maximum atomic E-state index is 13.8. The Bertz CT molecular complexity index is 1130. The van der Waals surface area contributed by atoms with E-state index in [4.69, 9.17) is 4.74 Å². The molecule has 0 spiro atoms. The summed E-state index contributed by atoms with van der Waals surface area (Å²) in [5.74, 6) is -0.240. The lowest BCUT2D eigenvalue weighted by Crippen LogP contribution is -2.31. The Balaban J connectivity index is 1.74. The third kappa shape index (κ3) is 3.86. The molecule has 4 rings (SSSR count). The van der Waals surface area contributed by atoms with Gasteiger partial charge in [0.25, 0.3) is 11.8 Å². The number of rotatable bonds is 6. The molecule has 30 heavy (non-hydrogen) atoms. The number of anilines is 1. The Hall–Kier alpha value is -3.38. The lowest BCUT2D eigenvalue weighted by molar-refractivity contribution is -0.119. The van der Waals surface area contributed by atoms with Crippen molar-refractivity contribution in [3.63, 3.8) is 0 Å². The van der Waals surface area contributed by atoms with Crippen LogP contribution < -0.4 is 9.64 Å². The second kappa shape index (κ2) is 8.55.